The molecule has 1 aromatic heterocycles. The number of nitrogens with zero attached hydrogens (tertiary/aromatic N) is 5. The van der Waals surface area contributed by atoms with Gasteiger partial charge in [0.1, 0.15) is 5.52 Å². The molecule has 6 nitrogen and oxygen atoms in total. The molecule has 1 fully saturated rings. The fourth-order valence-corrected chi connectivity index (χ4v) is 4.78. The van der Waals surface area contributed by atoms with E-state index >= 15 is 0 Å². The highest BCUT2D eigenvalue weighted by atomic mass is 19.4. The van der Waals surface area contributed by atoms with Crippen LogP contribution < -0.4 is 4.90 Å². The van der Waals surface area contributed by atoms with Gasteiger partial charge >= 0.3 is 6.18 Å². The molecule has 0 unspecified atom stereocenters. The number of halogens is 3. The van der Waals surface area contributed by atoms with Crippen LogP contribution in [0, 0.1) is 0 Å². The molecule has 0 bridgehead atoms. The van der Waals surface area contributed by atoms with Crippen molar-refractivity contribution in [1.82, 2.24) is 19.9 Å². The zero-order chi connectivity index (χ0) is 22.3. The van der Waals surface area contributed by atoms with Gasteiger partial charge in [-0.15, -0.1) is 5.10 Å². The summed E-state index contributed by atoms with van der Waals surface area (Å²) in [6.45, 7) is 2.58. The minimum Gasteiger partial charge on any atom is -0.311 e. The Hall–Kier alpha value is -2.94. The van der Waals surface area contributed by atoms with E-state index in [1.165, 1.54) is 11.6 Å². The van der Waals surface area contributed by atoms with Gasteiger partial charge in [0, 0.05) is 25.3 Å². The van der Waals surface area contributed by atoms with E-state index in [9.17, 15) is 18.0 Å². The van der Waals surface area contributed by atoms with E-state index in [1.54, 1.807) is 4.68 Å². The van der Waals surface area contributed by atoms with E-state index in [-0.39, 0.29) is 17.5 Å². The normalized spacial score (nSPS) is 18.2. The zero-order valence-corrected chi connectivity index (χ0v) is 17.6. The van der Waals surface area contributed by atoms with Gasteiger partial charge in [0.15, 0.2) is 0 Å². The van der Waals surface area contributed by atoms with Crippen LogP contribution in [-0.2, 0) is 17.4 Å². The van der Waals surface area contributed by atoms with Crippen LogP contribution in [0.5, 0.6) is 0 Å². The summed E-state index contributed by atoms with van der Waals surface area (Å²) in [5.41, 5.74) is 2.38. The molecule has 0 aliphatic carbocycles. The molecule has 2 aliphatic rings. The van der Waals surface area contributed by atoms with E-state index in [1.807, 2.05) is 23.1 Å². The number of likely N-dealkylation sites (tertiary alicyclic amines) is 1. The standard InChI is InChI=1S/C23H24F3N5O/c24-23(25,26)17-7-8-21-19(14-17)27-28-31(21)18-9-12-29(13-10-18)15-22(32)30-11-3-5-16-4-1-2-6-20(16)30/h1-2,4,6-8,14,18H,3,5,9-13,15H2. The maximum Gasteiger partial charge on any atom is 0.416 e. The number of carbonyl (C=O) groups is 1. The molecule has 32 heavy (non-hydrogen) atoms. The van der Waals surface area contributed by atoms with Crippen molar-refractivity contribution < 1.29 is 18.0 Å². The molecule has 5 rings (SSSR count). The summed E-state index contributed by atoms with van der Waals surface area (Å²) in [7, 11) is 0. The predicted molar refractivity (Wildman–Crippen MR) is 114 cm³/mol. The highest BCUT2D eigenvalue weighted by Gasteiger charge is 2.32. The monoisotopic (exact) mass is 443 g/mol. The molecule has 3 heterocycles. The molecule has 0 spiro atoms. The van der Waals surface area contributed by atoms with Gasteiger partial charge < -0.3 is 4.90 Å². The Morgan fingerprint density at radius 2 is 1.84 bits per heavy atom. The summed E-state index contributed by atoms with van der Waals surface area (Å²) in [4.78, 5) is 17.0. The van der Waals surface area contributed by atoms with Crippen LogP contribution in [0.3, 0.4) is 0 Å². The lowest BCUT2D eigenvalue weighted by Gasteiger charge is -2.35. The first-order valence-electron chi connectivity index (χ1n) is 10.9. The lowest BCUT2D eigenvalue weighted by Crippen LogP contribution is -2.45. The van der Waals surface area contributed by atoms with Crippen LogP contribution in [0.4, 0.5) is 18.9 Å². The average Bonchev–Trinajstić information content (AvgIpc) is 3.22. The van der Waals surface area contributed by atoms with Crippen molar-refractivity contribution >= 4 is 22.6 Å². The third-order valence-corrected chi connectivity index (χ3v) is 6.47. The van der Waals surface area contributed by atoms with Gasteiger partial charge in [-0.25, -0.2) is 4.68 Å². The van der Waals surface area contributed by atoms with Crippen molar-refractivity contribution in [3.05, 3.63) is 53.6 Å². The quantitative estimate of drug-likeness (QED) is 0.613. The largest absolute Gasteiger partial charge is 0.416 e. The Labute approximate surface area is 183 Å². The van der Waals surface area contributed by atoms with Crippen molar-refractivity contribution in [2.45, 2.75) is 37.9 Å². The van der Waals surface area contributed by atoms with Gasteiger partial charge in [-0.1, -0.05) is 23.4 Å². The molecule has 168 valence electrons. The van der Waals surface area contributed by atoms with E-state index in [2.05, 4.69) is 21.3 Å². The van der Waals surface area contributed by atoms with Crippen LogP contribution in [0.2, 0.25) is 0 Å². The number of aromatic nitrogens is 3. The average molecular weight is 443 g/mol. The number of alkyl halides is 3. The van der Waals surface area contributed by atoms with Gasteiger partial charge in [-0.3, -0.25) is 9.69 Å². The number of anilines is 1. The van der Waals surface area contributed by atoms with Crippen LogP contribution in [0.25, 0.3) is 11.0 Å². The number of piperidine rings is 1. The number of hydrogen-bond acceptors (Lipinski definition) is 4. The molecule has 3 aromatic rings. The van der Waals surface area contributed by atoms with E-state index in [4.69, 9.17) is 0 Å². The summed E-state index contributed by atoms with van der Waals surface area (Å²) in [5, 5.41) is 8.09. The number of fused-ring (bicyclic) bond motifs is 2. The fourth-order valence-electron chi connectivity index (χ4n) is 4.78. The second-order valence-electron chi connectivity index (χ2n) is 8.52. The molecule has 0 radical (unpaired) electrons. The Morgan fingerprint density at radius 1 is 1.06 bits per heavy atom. The van der Waals surface area contributed by atoms with Gasteiger partial charge in [0.05, 0.1) is 23.7 Å². The van der Waals surface area contributed by atoms with Crippen molar-refractivity contribution in [1.29, 1.82) is 0 Å². The molecule has 2 aliphatic heterocycles. The highest BCUT2D eigenvalue weighted by molar-refractivity contribution is 5.96. The Balaban J connectivity index is 1.23. The minimum absolute atomic E-state index is 0.0544. The molecule has 0 saturated carbocycles. The molecule has 0 atom stereocenters. The van der Waals surface area contributed by atoms with Gasteiger partial charge in [0.25, 0.3) is 0 Å². The molecule has 2 aromatic carbocycles. The van der Waals surface area contributed by atoms with Crippen molar-refractivity contribution in [3.8, 4) is 0 Å². The van der Waals surface area contributed by atoms with E-state index in [0.717, 1.165) is 63.1 Å². The second kappa shape index (κ2) is 8.20. The Morgan fingerprint density at radius 3 is 2.62 bits per heavy atom. The Kier molecular flexibility index (Phi) is 5.36. The number of hydrogen-bond donors (Lipinski definition) is 0. The molecule has 9 heteroatoms. The maximum atomic E-state index is 13.0. The SMILES string of the molecule is O=C(CN1CCC(n2nnc3cc(C(F)(F)F)ccc32)CC1)N1CCCc2ccccc21. The van der Waals surface area contributed by atoms with Gasteiger partial charge in [-0.05, 0) is 55.5 Å². The molecular formula is C23H24F3N5O. The third kappa shape index (κ3) is 3.97. The van der Waals surface area contributed by atoms with Crippen molar-refractivity contribution in [2.75, 3.05) is 31.1 Å². The van der Waals surface area contributed by atoms with Gasteiger partial charge in [-0.2, -0.15) is 13.2 Å². The number of amides is 1. The highest BCUT2D eigenvalue weighted by Crippen LogP contribution is 2.32. The number of benzene rings is 2. The smallest absolute Gasteiger partial charge is 0.311 e. The number of aryl methyl sites for hydroxylation is 1. The lowest BCUT2D eigenvalue weighted by molar-refractivity contribution is -0.137. The molecule has 1 amide bonds. The summed E-state index contributed by atoms with van der Waals surface area (Å²) < 4.78 is 40.6. The predicted octanol–water partition coefficient (Wildman–Crippen LogP) is 4.07. The molecular weight excluding hydrogens is 419 g/mol. The molecule has 0 N–H and O–H groups in total. The van der Waals surface area contributed by atoms with Crippen LogP contribution in [0.1, 0.15) is 36.4 Å². The van der Waals surface area contributed by atoms with Gasteiger partial charge in [0.2, 0.25) is 5.91 Å². The van der Waals surface area contributed by atoms with Crippen molar-refractivity contribution in [2.24, 2.45) is 0 Å². The van der Waals surface area contributed by atoms with Crippen LogP contribution in [0.15, 0.2) is 42.5 Å². The van der Waals surface area contributed by atoms with Crippen molar-refractivity contribution in [3.63, 3.8) is 0 Å². The molecule has 1 saturated heterocycles. The van der Waals surface area contributed by atoms with E-state index in [0.29, 0.717) is 12.1 Å². The summed E-state index contributed by atoms with van der Waals surface area (Å²) in [6, 6.07) is 11.7. The number of para-hydroxylation sites is 1. The number of rotatable bonds is 3. The third-order valence-electron chi connectivity index (χ3n) is 6.47. The Bertz CT molecular complexity index is 1130. The summed E-state index contributed by atoms with van der Waals surface area (Å²) in [5.74, 6) is 0.112. The first-order valence-corrected chi connectivity index (χ1v) is 10.9. The first kappa shape index (κ1) is 20.9. The maximum absolute atomic E-state index is 13.0. The first-order chi connectivity index (χ1) is 15.4. The van der Waals surface area contributed by atoms with E-state index < -0.39 is 11.7 Å². The second-order valence-corrected chi connectivity index (χ2v) is 8.52. The minimum atomic E-state index is -4.40. The number of carbonyl (C=O) groups excluding carboxylic acids is 1. The fraction of sp³-hybridized carbons (Fsp3) is 0.435. The summed E-state index contributed by atoms with van der Waals surface area (Å²) in [6.07, 6.45) is -0.890. The topological polar surface area (TPSA) is 54.3 Å². The van der Waals surface area contributed by atoms with Crippen LogP contribution in [-0.4, -0.2) is 52.0 Å². The van der Waals surface area contributed by atoms with Crippen LogP contribution >= 0.6 is 0 Å². The summed E-state index contributed by atoms with van der Waals surface area (Å²) >= 11 is 0. The zero-order valence-electron chi connectivity index (χ0n) is 17.6. The lowest BCUT2D eigenvalue weighted by atomic mass is 10.0.